The molecule has 4 rings (SSSR count). The molecule has 0 radical (unpaired) electrons. The summed E-state index contributed by atoms with van der Waals surface area (Å²) in [6, 6.07) is 20.5. The van der Waals surface area contributed by atoms with Gasteiger partial charge in [-0.3, -0.25) is 19.3 Å². The first-order valence-electron chi connectivity index (χ1n) is 8.84. The maximum Gasteiger partial charge on any atom is 0.261 e. The Morgan fingerprint density at radius 3 is 2.07 bits per heavy atom. The van der Waals surface area contributed by atoms with E-state index in [1.54, 1.807) is 24.3 Å². The van der Waals surface area contributed by atoms with Crippen molar-refractivity contribution in [2.75, 3.05) is 13.1 Å². The van der Waals surface area contributed by atoms with Crippen LogP contribution in [-0.2, 0) is 11.2 Å². The Kier molecular flexibility index (Phi) is 4.42. The Labute approximate surface area is 156 Å². The molecule has 1 N–H and O–H groups in total. The Hall–Kier alpha value is -3.47. The van der Waals surface area contributed by atoms with E-state index in [0.29, 0.717) is 29.5 Å². The summed E-state index contributed by atoms with van der Waals surface area (Å²) < 4.78 is 0. The highest BCUT2D eigenvalue weighted by atomic mass is 16.2. The second-order valence-electron chi connectivity index (χ2n) is 6.49. The second kappa shape index (κ2) is 7.03. The summed E-state index contributed by atoms with van der Waals surface area (Å²) >= 11 is 0. The number of carbonyl (C=O) groups is 3. The number of hydrogen-bond donors (Lipinski definition) is 1. The molecule has 0 spiro atoms. The van der Waals surface area contributed by atoms with Crippen molar-refractivity contribution in [3.8, 4) is 0 Å². The molecule has 0 bridgehead atoms. The summed E-state index contributed by atoms with van der Waals surface area (Å²) in [4.78, 5) is 38.9. The smallest absolute Gasteiger partial charge is 0.261 e. The molecule has 3 amide bonds. The van der Waals surface area contributed by atoms with Crippen LogP contribution in [-0.4, -0.2) is 35.7 Å². The molecule has 5 nitrogen and oxygen atoms in total. The third-order valence-electron chi connectivity index (χ3n) is 4.74. The van der Waals surface area contributed by atoms with Crippen LogP contribution >= 0.6 is 0 Å². The molecule has 0 saturated carbocycles. The van der Waals surface area contributed by atoms with E-state index in [0.717, 1.165) is 15.8 Å². The number of rotatable bonds is 5. The summed E-state index contributed by atoms with van der Waals surface area (Å²) in [6.07, 6.45) is 0.691. The summed E-state index contributed by atoms with van der Waals surface area (Å²) in [5.41, 5.74) is 2.03. The fourth-order valence-corrected chi connectivity index (χ4v) is 3.41. The SMILES string of the molecule is O=C(CN1C(=O)c2cccc3cccc(c23)C1=O)NCCc1ccccc1. The van der Waals surface area contributed by atoms with Crippen LogP contribution in [0, 0.1) is 0 Å². The van der Waals surface area contributed by atoms with Gasteiger partial charge in [0.2, 0.25) is 5.91 Å². The van der Waals surface area contributed by atoms with Crippen LogP contribution in [0.1, 0.15) is 26.3 Å². The first kappa shape index (κ1) is 17.0. The minimum Gasteiger partial charge on any atom is -0.354 e. The first-order valence-corrected chi connectivity index (χ1v) is 8.84. The van der Waals surface area contributed by atoms with E-state index in [9.17, 15) is 14.4 Å². The zero-order valence-electron chi connectivity index (χ0n) is 14.6. The van der Waals surface area contributed by atoms with Crippen molar-refractivity contribution >= 4 is 28.5 Å². The number of nitrogens with zero attached hydrogens (tertiary/aromatic N) is 1. The standard InChI is InChI=1S/C22H18N2O3/c25-19(23-13-12-15-6-2-1-3-7-15)14-24-21(26)17-10-4-8-16-9-5-11-18(20(16)17)22(24)27/h1-11H,12-14H2,(H,23,25). The normalized spacial score (nSPS) is 13.1. The molecule has 5 heteroatoms. The number of hydrogen-bond acceptors (Lipinski definition) is 3. The lowest BCUT2D eigenvalue weighted by Gasteiger charge is -2.26. The average molecular weight is 358 g/mol. The summed E-state index contributed by atoms with van der Waals surface area (Å²) in [6.45, 7) is 0.169. The maximum absolute atomic E-state index is 12.8. The summed E-state index contributed by atoms with van der Waals surface area (Å²) in [7, 11) is 0. The molecule has 134 valence electrons. The van der Waals surface area contributed by atoms with Crippen molar-refractivity contribution in [3.63, 3.8) is 0 Å². The molecule has 1 aliphatic heterocycles. The van der Waals surface area contributed by atoms with E-state index in [-0.39, 0.29) is 12.5 Å². The number of amides is 3. The molecule has 27 heavy (non-hydrogen) atoms. The van der Waals surface area contributed by atoms with Crippen molar-refractivity contribution in [2.24, 2.45) is 0 Å². The van der Waals surface area contributed by atoms with Crippen LogP contribution in [0.2, 0.25) is 0 Å². The molecule has 1 heterocycles. The quantitative estimate of drug-likeness (QED) is 0.713. The maximum atomic E-state index is 12.8. The number of nitrogens with one attached hydrogen (secondary N) is 1. The van der Waals surface area contributed by atoms with Crippen LogP contribution in [0.25, 0.3) is 10.8 Å². The van der Waals surface area contributed by atoms with Gasteiger partial charge in [0.1, 0.15) is 6.54 Å². The Balaban J connectivity index is 1.47. The zero-order valence-corrected chi connectivity index (χ0v) is 14.6. The van der Waals surface area contributed by atoms with Gasteiger partial charge in [-0.15, -0.1) is 0 Å². The van der Waals surface area contributed by atoms with Gasteiger partial charge in [-0.25, -0.2) is 0 Å². The van der Waals surface area contributed by atoms with Crippen LogP contribution in [0.4, 0.5) is 0 Å². The van der Waals surface area contributed by atoms with Crippen molar-refractivity contribution in [3.05, 3.63) is 83.4 Å². The minimum atomic E-state index is -0.428. The monoisotopic (exact) mass is 358 g/mol. The zero-order chi connectivity index (χ0) is 18.8. The van der Waals surface area contributed by atoms with Gasteiger partial charge in [0.05, 0.1) is 0 Å². The molecule has 0 atom stereocenters. The molecular weight excluding hydrogens is 340 g/mol. The Morgan fingerprint density at radius 2 is 1.44 bits per heavy atom. The Morgan fingerprint density at radius 1 is 0.815 bits per heavy atom. The third-order valence-corrected chi connectivity index (χ3v) is 4.74. The van der Waals surface area contributed by atoms with Gasteiger partial charge in [0.25, 0.3) is 11.8 Å². The fourth-order valence-electron chi connectivity index (χ4n) is 3.41. The first-order chi connectivity index (χ1) is 13.1. The second-order valence-corrected chi connectivity index (χ2v) is 6.49. The Bertz CT molecular complexity index is 993. The lowest BCUT2D eigenvalue weighted by Crippen LogP contribution is -2.46. The van der Waals surface area contributed by atoms with Gasteiger partial charge < -0.3 is 5.32 Å². The summed E-state index contributed by atoms with van der Waals surface area (Å²) in [5, 5.41) is 4.29. The van der Waals surface area contributed by atoms with Gasteiger partial charge in [-0.05, 0) is 29.5 Å². The van der Waals surface area contributed by atoms with Gasteiger partial charge in [-0.1, -0.05) is 54.6 Å². The lowest BCUT2D eigenvalue weighted by atomic mass is 9.94. The van der Waals surface area contributed by atoms with Gasteiger partial charge in [0, 0.05) is 23.1 Å². The van der Waals surface area contributed by atoms with Crippen LogP contribution < -0.4 is 5.32 Å². The molecule has 1 aliphatic rings. The van der Waals surface area contributed by atoms with E-state index in [2.05, 4.69) is 5.32 Å². The van der Waals surface area contributed by atoms with E-state index in [1.807, 2.05) is 42.5 Å². The number of benzene rings is 3. The largest absolute Gasteiger partial charge is 0.354 e. The lowest BCUT2D eigenvalue weighted by molar-refractivity contribution is -0.121. The van der Waals surface area contributed by atoms with Crippen molar-refractivity contribution in [1.82, 2.24) is 10.2 Å². The molecule has 0 unspecified atom stereocenters. The highest BCUT2D eigenvalue weighted by Crippen LogP contribution is 2.29. The van der Waals surface area contributed by atoms with Crippen LogP contribution in [0.3, 0.4) is 0 Å². The fraction of sp³-hybridized carbons (Fsp3) is 0.136. The number of carbonyl (C=O) groups excluding carboxylic acids is 3. The third kappa shape index (κ3) is 3.19. The molecule has 3 aromatic carbocycles. The van der Waals surface area contributed by atoms with E-state index >= 15 is 0 Å². The van der Waals surface area contributed by atoms with Gasteiger partial charge in [0.15, 0.2) is 0 Å². The van der Waals surface area contributed by atoms with Crippen LogP contribution in [0.5, 0.6) is 0 Å². The molecule has 0 aliphatic carbocycles. The van der Waals surface area contributed by atoms with Crippen molar-refractivity contribution in [1.29, 1.82) is 0 Å². The molecule has 0 fully saturated rings. The van der Waals surface area contributed by atoms with E-state index in [1.165, 1.54) is 0 Å². The topological polar surface area (TPSA) is 66.5 Å². The van der Waals surface area contributed by atoms with Gasteiger partial charge >= 0.3 is 0 Å². The predicted molar refractivity (Wildman–Crippen MR) is 102 cm³/mol. The van der Waals surface area contributed by atoms with Crippen molar-refractivity contribution in [2.45, 2.75) is 6.42 Å². The minimum absolute atomic E-state index is 0.281. The molecule has 3 aromatic rings. The highest BCUT2D eigenvalue weighted by molar-refractivity contribution is 6.26. The van der Waals surface area contributed by atoms with E-state index < -0.39 is 11.8 Å². The summed E-state index contributed by atoms with van der Waals surface area (Å²) in [5.74, 6) is -1.20. The predicted octanol–water partition coefficient (Wildman–Crippen LogP) is 2.79. The highest BCUT2D eigenvalue weighted by Gasteiger charge is 2.33. The van der Waals surface area contributed by atoms with E-state index in [4.69, 9.17) is 0 Å². The van der Waals surface area contributed by atoms with Crippen molar-refractivity contribution < 1.29 is 14.4 Å². The van der Waals surface area contributed by atoms with Crippen LogP contribution in [0.15, 0.2) is 66.7 Å². The van der Waals surface area contributed by atoms with Gasteiger partial charge in [-0.2, -0.15) is 0 Å². The molecule has 0 saturated heterocycles. The number of imide groups is 1. The molecule has 0 aromatic heterocycles. The molecular formula is C22H18N2O3. The average Bonchev–Trinajstić information content (AvgIpc) is 2.70.